The maximum atomic E-state index is 5.99. The van der Waals surface area contributed by atoms with Crippen molar-refractivity contribution in [2.75, 3.05) is 19.7 Å². The molecule has 104 valence electrons. The third-order valence-electron chi connectivity index (χ3n) is 3.72. The fourth-order valence-corrected chi connectivity index (χ4v) is 2.56. The van der Waals surface area contributed by atoms with E-state index in [9.17, 15) is 0 Å². The van der Waals surface area contributed by atoms with E-state index in [0.29, 0.717) is 6.61 Å². The molecule has 0 bridgehead atoms. The van der Waals surface area contributed by atoms with Gasteiger partial charge < -0.3 is 14.8 Å². The SMILES string of the molecule is CC1(C)Cc2cccc(OCCNCC3CC3)c2O1. The molecule has 2 aliphatic rings. The summed E-state index contributed by atoms with van der Waals surface area (Å²) in [5, 5.41) is 3.44. The molecule has 0 saturated heterocycles. The molecule has 3 rings (SSSR count). The second-order valence-corrected chi connectivity index (χ2v) is 6.28. The Bertz CT molecular complexity index is 452. The van der Waals surface area contributed by atoms with Crippen LogP contribution in [0.2, 0.25) is 0 Å². The van der Waals surface area contributed by atoms with Gasteiger partial charge in [-0.25, -0.2) is 0 Å². The summed E-state index contributed by atoms with van der Waals surface area (Å²) >= 11 is 0. The molecule has 1 aromatic carbocycles. The molecule has 0 aromatic heterocycles. The molecule has 3 heteroatoms. The first-order valence-electron chi connectivity index (χ1n) is 7.28. The van der Waals surface area contributed by atoms with Crippen LogP contribution >= 0.6 is 0 Å². The second-order valence-electron chi connectivity index (χ2n) is 6.28. The van der Waals surface area contributed by atoms with Gasteiger partial charge in [0.1, 0.15) is 12.2 Å². The van der Waals surface area contributed by atoms with E-state index in [1.165, 1.54) is 18.4 Å². The Morgan fingerprint density at radius 2 is 2.21 bits per heavy atom. The van der Waals surface area contributed by atoms with Crippen molar-refractivity contribution in [1.82, 2.24) is 5.32 Å². The van der Waals surface area contributed by atoms with E-state index in [-0.39, 0.29) is 5.60 Å². The average Bonchev–Trinajstić information content (AvgIpc) is 3.10. The lowest BCUT2D eigenvalue weighted by molar-refractivity contribution is 0.132. The minimum atomic E-state index is -0.105. The van der Waals surface area contributed by atoms with Crippen LogP contribution in [0.1, 0.15) is 32.3 Å². The van der Waals surface area contributed by atoms with E-state index in [1.807, 2.05) is 6.07 Å². The van der Waals surface area contributed by atoms with Gasteiger partial charge in [0, 0.05) is 18.5 Å². The zero-order chi connectivity index (χ0) is 13.3. The van der Waals surface area contributed by atoms with Crippen LogP contribution in [0.25, 0.3) is 0 Å². The Morgan fingerprint density at radius 3 is 3.00 bits per heavy atom. The minimum Gasteiger partial charge on any atom is -0.488 e. The molecule has 19 heavy (non-hydrogen) atoms. The lowest BCUT2D eigenvalue weighted by atomic mass is 10.0. The van der Waals surface area contributed by atoms with E-state index in [1.54, 1.807) is 0 Å². The zero-order valence-corrected chi connectivity index (χ0v) is 11.9. The molecule has 0 unspecified atom stereocenters. The van der Waals surface area contributed by atoms with Gasteiger partial charge in [-0.15, -0.1) is 0 Å². The summed E-state index contributed by atoms with van der Waals surface area (Å²) in [6, 6.07) is 6.18. The Kier molecular flexibility index (Phi) is 3.40. The summed E-state index contributed by atoms with van der Waals surface area (Å²) in [6.45, 7) is 6.98. The minimum absolute atomic E-state index is 0.105. The zero-order valence-electron chi connectivity index (χ0n) is 11.9. The van der Waals surface area contributed by atoms with Crippen molar-refractivity contribution in [3.05, 3.63) is 23.8 Å². The molecular formula is C16H23NO2. The highest BCUT2D eigenvalue weighted by atomic mass is 16.5. The number of nitrogens with one attached hydrogen (secondary N) is 1. The van der Waals surface area contributed by atoms with Crippen molar-refractivity contribution in [3.8, 4) is 11.5 Å². The lowest BCUT2D eigenvalue weighted by Crippen LogP contribution is -2.25. The summed E-state index contributed by atoms with van der Waals surface area (Å²) in [5.74, 6) is 2.75. The topological polar surface area (TPSA) is 30.5 Å². The van der Waals surface area contributed by atoms with Crippen LogP contribution in [0.3, 0.4) is 0 Å². The smallest absolute Gasteiger partial charge is 0.165 e. The first-order valence-corrected chi connectivity index (χ1v) is 7.28. The maximum absolute atomic E-state index is 5.99. The summed E-state index contributed by atoms with van der Waals surface area (Å²) in [4.78, 5) is 0. The molecule has 3 nitrogen and oxygen atoms in total. The monoisotopic (exact) mass is 261 g/mol. The number of benzene rings is 1. The molecule has 1 aliphatic heterocycles. The Balaban J connectivity index is 1.52. The molecule has 1 N–H and O–H groups in total. The first kappa shape index (κ1) is 12.8. The molecule has 1 aromatic rings. The normalized spacial score (nSPS) is 19.9. The maximum Gasteiger partial charge on any atom is 0.165 e. The number of hydrogen-bond acceptors (Lipinski definition) is 3. The van der Waals surface area contributed by atoms with E-state index in [4.69, 9.17) is 9.47 Å². The number of rotatable bonds is 6. The van der Waals surface area contributed by atoms with Crippen LogP contribution < -0.4 is 14.8 Å². The first-order chi connectivity index (χ1) is 9.14. The van der Waals surface area contributed by atoms with Crippen LogP contribution in [-0.4, -0.2) is 25.3 Å². The third-order valence-corrected chi connectivity index (χ3v) is 3.72. The van der Waals surface area contributed by atoms with Crippen molar-refractivity contribution in [3.63, 3.8) is 0 Å². The molecule has 1 fully saturated rings. The highest BCUT2D eigenvalue weighted by Gasteiger charge is 2.32. The predicted octanol–water partition coefficient (Wildman–Crippen LogP) is 2.78. The molecule has 0 spiro atoms. The summed E-state index contributed by atoms with van der Waals surface area (Å²) in [6.07, 6.45) is 3.74. The van der Waals surface area contributed by atoms with Crippen molar-refractivity contribution in [2.45, 2.75) is 38.7 Å². The van der Waals surface area contributed by atoms with Crippen LogP contribution in [0, 0.1) is 5.92 Å². The van der Waals surface area contributed by atoms with Crippen molar-refractivity contribution < 1.29 is 9.47 Å². The number of hydrogen-bond donors (Lipinski definition) is 1. The van der Waals surface area contributed by atoms with Gasteiger partial charge in [-0.05, 0) is 45.2 Å². The fraction of sp³-hybridized carbons (Fsp3) is 0.625. The molecular weight excluding hydrogens is 238 g/mol. The third kappa shape index (κ3) is 3.21. The molecule has 1 heterocycles. The predicted molar refractivity (Wildman–Crippen MR) is 75.9 cm³/mol. The van der Waals surface area contributed by atoms with Crippen LogP contribution in [0.5, 0.6) is 11.5 Å². The number of ether oxygens (including phenoxy) is 2. The Labute approximate surface area is 115 Å². The summed E-state index contributed by atoms with van der Waals surface area (Å²) in [5.41, 5.74) is 1.15. The van der Waals surface area contributed by atoms with Gasteiger partial charge in [0.2, 0.25) is 0 Å². The van der Waals surface area contributed by atoms with Gasteiger partial charge in [-0.1, -0.05) is 12.1 Å². The van der Waals surface area contributed by atoms with E-state index < -0.39 is 0 Å². The number of fused-ring (bicyclic) bond motifs is 1. The molecule has 0 radical (unpaired) electrons. The largest absolute Gasteiger partial charge is 0.488 e. The molecule has 0 atom stereocenters. The molecule has 1 aliphatic carbocycles. The van der Waals surface area contributed by atoms with Crippen molar-refractivity contribution in [2.24, 2.45) is 5.92 Å². The summed E-state index contributed by atoms with van der Waals surface area (Å²) in [7, 11) is 0. The Morgan fingerprint density at radius 1 is 1.37 bits per heavy atom. The van der Waals surface area contributed by atoms with E-state index in [2.05, 4.69) is 31.3 Å². The van der Waals surface area contributed by atoms with Gasteiger partial charge in [-0.2, -0.15) is 0 Å². The van der Waals surface area contributed by atoms with Crippen molar-refractivity contribution >= 4 is 0 Å². The quantitative estimate of drug-likeness (QED) is 0.799. The van der Waals surface area contributed by atoms with Gasteiger partial charge in [0.15, 0.2) is 11.5 Å². The van der Waals surface area contributed by atoms with E-state index >= 15 is 0 Å². The second kappa shape index (κ2) is 5.04. The summed E-state index contributed by atoms with van der Waals surface area (Å²) < 4.78 is 11.8. The highest BCUT2D eigenvalue weighted by Crippen LogP contribution is 2.41. The standard InChI is InChI=1S/C16H23NO2/c1-16(2)10-13-4-3-5-14(15(13)19-16)18-9-8-17-11-12-6-7-12/h3-5,12,17H,6-11H2,1-2H3. The fourth-order valence-electron chi connectivity index (χ4n) is 2.56. The van der Waals surface area contributed by atoms with Gasteiger partial charge >= 0.3 is 0 Å². The highest BCUT2D eigenvalue weighted by molar-refractivity contribution is 5.50. The van der Waals surface area contributed by atoms with Crippen LogP contribution in [0.15, 0.2) is 18.2 Å². The lowest BCUT2D eigenvalue weighted by Gasteiger charge is -2.18. The number of para-hydroxylation sites is 1. The van der Waals surface area contributed by atoms with Gasteiger partial charge in [0.25, 0.3) is 0 Å². The van der Waals surface area contributed by atoms with Gasteiger partial charge in [0.05, 0.1) is 0 Å². The molecule has 1 saturated carbocycles. The van der Waals surface area contributed by atoms with Gasteiger partial charge in [-0.3, -0.25) is 0 Å². The van der Waals surface area contributed by atoms with Crippen molar-refractivity contribution in [1.29, 1.82) is 0 Å². The Hall–Kier alpha value is -1.22. The van der Waals surface area contributed by atoms with Crippen LogP contribution in [0.4, 0.5) is 0 Å². The molecule has 0 amide bonds. The van der Waals surface area contributed by atoms with E-state index in [0.717, 1.165) is 36.9 Å². The van der Waals surface area contributed by atoms with Crippen LogP contribution in [-0.2, 0) is 6.42 Å². The average molecular weight is 261 g/mol.